The van der Waals surface area contributed by atoms with Crippen molar-refractivity contribution in [1.29, 1.82) is 0 Å². The third kappa shape index (κ3) is 5.33. The fourth-order valence-corrected chi connectivity index (χ4v) is 2.70. The fourth-order valence-electron chi connectivity index (χ4n) is 2.70. The van der Waals surface area contributed by atoms with Crippen LogP contribution in [0, 0.1) is 13.8 Å². The molecule has 1 unspecified atom stereocenters. The third-order valence-corrected chi connectivity index (χ3v) is 4.35. The third-order valence-electron chi connectivity index (χ3n) is 4.35. The van der Waals surface area contributed by atoms with Gasteiger partial charge in [0.15, 0.2) is 6.04 Å². The average molecular weight is 384 g/mol. The second-order valence-electron chi connectivity index (χ2n) is 6.27. The first-order valence-corrected chi connectivity index (χ1v) is 8.92. The minimum atomic E-state index is -1.19. The number of hydrogen-bond donors (Lipinski definition) is 3. The maximum atomic E-state index is 12.2. The molecule has 2 aromatic rings. The number of aryl methyl sites for hydroxylation is 1. The van der Waals surface area contributed by atoms with Crippen LogP contribution in [-0.4, -0.2) is 36.0 Å². The SMILES string of the molecule is CCOc1ccc(C(=O)NCC(=O)NC(C(=O)O)c2cccc(C)c2C)cc1. The molecule has 28 heavy (non-hydrogen) atoms. The van der Waals surface area contributed by atoms with E-state index in [-0.39, 0.29) is 6.54 Å². The van der Waals surface area contributed by atoms with Crippen LogP contribution in [0.3, 0.4) is 0 Å². The Balaban J connectivity index is 1.98. The average Bonchev–Trinajstić information content (AvgIpc) is 2.67. The molecule has 0 spiro atoms. The van der Waals surface area contributed by atoms with E-state index < -0.39 is 23.8 Å². The molecule has 7 nitrogen and oxygen atoms in total. The number of hydrogen-bond acceptors (Lipinski definition) is 4. The Labute approximate surface area is 163 Å². The van der Waals surface area contributed by atoms with E-state index >= 15 is 0 Å². The van der Waals surface area contributed by atoms with Crippen LogP contribution in [0.2, 0.25) is 0 Å². The zero-order valence-electron chi connectivity index (χ0n) is 16.1. The number of aliphatic carboxylic acids is 1. The highest BCUT2D eigenvalue weighted by Gasteiger charge is 2.24. The van der Waals surface area contributed by atoms with Crippen LogP contribution < -0.4 is 15.4 Å². The smallest absolute Gasteiger partial charge is 0.330 e. The normalized spacial score (nSPS) is 11.4. The second-order valence-corrected chi connectivity index (χ2v) is 6.27. The van der Waals surface area contributed by atoms with Gasteiger partial charge in [-0.15, -0.1) is 0 Å². The Bertz CT molecular complexity index is 862. The number of nitrogens with one attached hydrogen (secondary N) is 2. The Morgan fingerprint density at radius 3 is 2.36 bits per heavy atom. The molecule has 0 radical (unpaired) electrons. The van der Waals surface area contributed by atoms with Gasteiger partial charge in [0, 0.05) is 5.56 Å². The van der Waals surface area contributed by atoms with E-state index in [1.807, 2.05) is 19.9 Å². The van der Waals surface area contributed by atoms with E-state index in [1.165, 1.54) is 0 Å². The molecule has 0 bridgehead atoms. The summed E-state index contributed by atoms with van der Waals surface area (Å²) in [5, 5.41) is 14.4. The van der Waals surface area contributed by atoms with Crippen LogP contribution in [0.15, 0.2) is 42.5 Å². The highest BCUT2D eigenvalue weighted by molar-refractivity contribution is 5.97. The van der Waals surface area contributed by atoms with Crippen molar-refractivity contribution in [2.24, 2.45) is 0 Å². The van der Waals surface area contributed by atoms with Crippen molar-refractivity contribution >= 4 is 17.8 Å². The molecule has 2 rings (SSSR count). The van der Waals surface area contributed by atoms with Gasteiger partial charge in [-0.2, -0.15) is 0 Å². The van der Waals surface area contributed by atoms with Crippen LogP contribution in [0.4, 0.5) is 0 Å². The fraction of sp³-hybridized carbons (Fsp3) is 0.286. The molecule has 7 heteroatoms. The standard InChI is InChI=1S/C21H24N2O5/c1-4-28-16-10-8-15(9-11-16)20(25)22-12-18(24)23-19(21(26)27)17-7-5-6-13(2)14(17)3/h5-11,19H,4,12H2,1-3H3,(H,22,25)(H,23,24)(H,26,27). The number of carbonyl (C=O) groups excluding carboxylic acids is 2. The Kier molecular flexibility index (Phi) is 7.14. The van der Waals surface area contributed by atoms with Gasteiger partial charge >= 0.3 is 5.97 Å². The molecular weight excluding hydrogens is 360 g/mol. The second kappa shape index (κ2) is 9.55. The molecule has 2 aromatic carbocycles. The van der Waals surface area contributed by atoms with E-state index in [0.717, 1.165) is 11.1 Å². The molecule has 0 aliphatic heterocycles. The van der Waals surface area contributed by atoms with Crippen molar-refractivity contribution < 1.29 is 24.2 Å². The maximum Gasteiger partial charge on any atom is 0.330 e. The maximum absolute atomic E-state index is 12.2. The van der Waals surface area contributed by atoms with E-state index in [1.54, 1.807) is 43.3 Å². The highest BCUT2D eigenvalue weighted by Crippen LogP contribution is 2.20. The quantitative estimate of drug-likeness (QED) is 0.648. The number of ether oxygens (including phenoxy) is 1. The van der Waals surface area contributed by atoms with Gasteiger partial charge in [-0.25, -0.2) is 4.79 Å². The molecule has 3 N–H and O–H groups in total. The molecule has 148 valence electrons. The van der Waals surface area contributed by atoms with Gasteiger partial charge in [-0.3, -0.25) is 9.59 Å². The van der Waals surface area contributed by atoms with E-state index in [9.17, 15) is 19.5 Å². The van der Waals surface area contributed by atoms with Crippen molar-refractivity contribution in [2.75, 3.05) is 13.2 Å². The Morgan fingerprint density at radius 2 is 1.75 bits per heavy atom. The highest BCUT2D eigenvalue weighted by atomic mass is 16.5. The molecule has 0 fully saturated rings. The van der Waals surface area contributed by atoms with Gasteiger partial charge in [0.2, 0.25) is 5.91 Å². The van der Waals surface area contributed by atoms with Crippen LogP contribution in [0.1, 0.15) is 40.0 Å². The summed E-state index contributed by atoms with van der Waals surface area (Å²) < 4.78 is 5.31. The first kappa shape index (κ1) is 21.0. The van der Waals surface area contributed by atoms with Gasteiger partial charge < -0.3 is 20.5 Å². The summed E-state index contributed by atoms with van der Waals surface area (Å²) in [5.74, 6) is -1.54. The summed E-state index contributed by atoms with van der Waals surface area (Å²) in [5.41, 5.74) is 2.62. The molecule has 0 saturated carbocycles. The van der Waals surface area contributed by atoms with Gasteiger partial charge in [0.05, 0.1) is 13.2 Å². The minimum Gasteiger partial charge on any atom is -0.494 e. The molecule has 0 aromatic heterocycles. The van der Waals surface area contributed by atoms with Gasteiger partial charge in [0.25, 0.3) is 5.91 Å². The van der Waals surface area contributed by atoms with Gasteiger partial charge in [-0.05, 0) is 61.7 Å². The summed E-state index contributed by atoms with van der Waals surface area (Å²) in [6.45, 7) is 5.73. The molecule has 1 atom stereocenters. The summed E-state index contributed by atoms with van der Waals surface area (Å²) in [4.78, 5) is 36.0. The molecule has 2 amide bonds. The van der Waals surface area contributed by atoms with Crippen LogP contribution >= 0.6 is 0 Å². The summed E-state index contributed by atoms with van der Waals surface area (Å²) >= 11 is 0. The lowest BCUT2D eigenvalue weighted by Crippen LogP contribution is -2.41. The van der Waals surface area contributed by atoms with Crippen LogP contribution in [-0.2, 0) is 9.59 Å². The lowest BCUT2D eigenvalue weighted by atomic mass is 9.97. The summed E-state index contributed by atoms with van der Waals surface area (Å²) in [7, 11) is 0. The lowest BCUT2D eigenvalue weighted by molar-refractivity contribution is -0.141. The first-order chi connectivity index (χ1) is 13.3. The van der Waals surface area contributed by atoms with Crippen molar-refractivity contribution in [3.05, 3.63) is 64.7 Å². The lowest BCUT2D eigenvalue weighted by Gasteiger charge is -2.18. The largest absolute Gasteiger partial charge is 0.494 e. The molecule has 0 aliphatic carbocycles. The van der Waals surface area contributed by atoms with E-state index in [2.05, 4.69) is 10.6 Å². The Hall–Kier alpha value is -3.35. The first-order valence-electron chi connectivity index (χ1n) is 8.92. The minimum absolute atomic E-state index is 0.333. The predicted molar refractivity (Wildman–Crippen MR) is 104 cm³/mol. The van der Waals surface area contributed by atoms with E-state index in [4.69, 9.17) is 4.74 Å². The van der Waals surface area contributed by atoms with Crippen molar-refractivity contribution in [1.82, 2.24) is 10.6 Å². The number of carbonyl (C=O) groups is 3. The summed E-state index contributed by atoms with van der Waals surface area (Å²) in [6, 6.07) is 10.6. The zero-order chi connectivity index (χ0) is 20.7. The molecule has 0 heterocycles. The number of amides is 2. The van der Waals surface area contributed by atoms with Crippen molar-refractivity contribution in [3.8, 4) is 5.75 Å². The molecule has 0 saturated heterocycles. The number of carboxylic acids is 1. The zero-order valence-corrected chi connectivity index (χ0v) is 16.1. The number of carboxylic acid groups (broad SMARTS) is 1. The summed E-state index contributed by atoms with van der Waals surface area (Å²) in [6.07, 6.45) is 0. The van der Waals surface area contributed by atoms with Gasteiger partial charge in [0.1, 0.15) is 5.75 Å². The topological polar surface area (TPSA) is 105 Å². The van der Waals surface area contributed by atoms with E-state index in [0.29, 0.717) is 23.5 Å². The number of benzene rings is 2. The van der Waals surface area contributed by atoms with Crippen molar-refractivity contribution in [2.45, 2.75) is 26.8 Å². The Morgan fingerprint density at radius 1 is 1.07 bits per heavy atom. The van der Waals surface area contributed by atoms with Crippen LogP contribution in [0.5, 0.6) is 5.75 Å². The monoisotopic (exact) mass is 384 g/mol. The number of rotatable bonds is 8. The molecule has 0 aliphatic rings. The van der Waals surface area contributed by atoms with Crippen molar-refractivity contribution in [3.63, 3.8) is 0 Å². The predicted octanol–water partition coefficient (Wildman–Crippen LogP) is 2.37. The van der Waals surface area contributed by atoms with Crippen LogP contribution in [0.25, 0.3) is 0 Å². The molecular formula is C21H24N2O5. The van der Waals surface area contributed by atoms with Gasteiger partial charge in [-0.1, -0.05) is 18.2 Å².